The van der Waals surface area contributed by atoms with E-state index in [1.165, 1.54) is 4.90 Å². The number of aliphatic hydroxyl groups is 1. The van der Waals surface area contributed by atoms with Crippen LogP contribution in [-0.4, -0.2) is 49.2 Å². The van der Waals surface area contributed by atoms with E-state index in [2.05, 4.69) is 5.32 Å². The molecule has 1 saturated heterocycles. The highest BCUT2D eigenvalue weighted by atomic mass is 16.3. The van der Waals surface area contributed by atoms with Crippen molar-refractivity contribution in [3.05, 3.63) is 0 Å². The summed E-state index contributed by atoms with van der Waals surface area (Å²) in [5, 5.41) is 12.9. The molecule has 1 atom stereocenters. The standard InChI is InChI=1S/C9H18N2O2/c1-11(2)9(13)8(12)7-3-5-10-6-4-7/h7-8,10,12H,3-6H2,1-2H3. The van der Waals surface area contributed by atoms with Gasteiger partial charge in [-0.05, 0) is 31.8 Å². The molecule has 1 aliphatic rings. The van der Waals surface area contributed by atoms with Crippen molar-refractivity contribution >= 4 is 5.91 Å². The summed E-state index contributed by atoms with van der Waals surface area (Å²) in [5.74, 6) is -0.0388. The van der Waals surface area contributed by atoms with Gasteiger partial charge in [-0.25, -0.2) is 0 Å². The van der Waals surface area contributed by atoms with Crippen LogP contribution < -0.4 is 5.32 Å². The Morgan fingerprint density at radius 1 is 1.46 bits per heavy atom. The molecule has 0 aliphatic carbocycles. The van der Waals surface area contributed by atoms with Crippen LogP contribution >= 0.6 is 0 Å². The zero-order valence-electron chi connectivity index (χ0n) is 8.29. The maximum absolute atomic E-state index is 11.4. The van der Waals surface area contributed by atoms with Gasteiger partial charge in [0.1, 0.15) is 6.10 Å². The highest BCUT2D eigenvalue weighted by molar-refractivity contribution is 5.80. The molecular formula is C9H18N2O2. The average molecular weight is 186 g/mol. The summed E-state index contributed by atoms with van der Waals surface area (Å²) in [7, 11) is 3.35. The first kappa shape index (κ1) is 10.5. The Balaban J connectivity index is 2.45. The van der Waals surface area contributed by atoms with E-state index in [1.807, 2.05) is 0 Å². The van der Waals surface area contributed by atoms with Crippen molar-refractivity contribution in [1.82, 2.24) is 10.2 Å². The van der Waals surface area contributed by atoms with Crippen LogP contribution in [0, 0.1) is 5.92 Å². The number of hydrogen-bond acceptors (Lipinski definition) is 3. The first-order chi connectivity index (χ1) is 6.13. The summed E-state index contributed by atoms with van der Waals surface area (Å²) < 4.78 is 0. The number of carbonyl (C=O) groups excluding carboxylic acids is 1. The van der Waals surface area contributed by atoms with Crippen LogP contribution in [0.5, 0.6) is 0 Å². The number of amides is 1. The van der Waals surface area contributed by atoms with E-state index in [0.717, 1.165) is 25.9 Å². The van der Waals surface area contributed by atoms with E-state index in [9.17, 15) is 9.90 Å². The smallest absolute Gasteiger partial charge is 0.251 e. The van der Waals surface area contributed by atoms with Gasteiger partial charge in [-0.3, -0.25) is 4.79 Å². The quantitative estimate of drug-likeness (QED) is 0.607. The van der Waals surface area contributed by atoms with Crippen molar-refractivity contribution in [1.29, 1.82) is 0 Å². The van der Waals surface area contributed by atoms with E-state index in [1.54, 1.807) is 14.1 Å². The maximum atomic E-state index is 11.4. The van der Waals surface area contributed by atoms with Gasteiger partial charge in [-0.15, -0.1) is 0 Å². The summed E-state index contributed by atoms with van der Waals surface area (Å²) in [6, 6.07) is 0. The first-order valence-electron chi connectivity index (χ1n) is 4.73. The molecule has 0 aromatic carbocycles. The summed E-state index contributed by atoms with van der Waals surface area (Å²) in [6.07, 6.45) is 0.971. The third-order valence-corrected chi connectivity index (χ3v) is 2.52. The van der Waals surface area contributed by atoms with Crippen LogP contribution in [0.2, 0.25) is 0 Å². The topological polar surface area (TPSA) is 52.6 Å². The Hall–Kier alpha value is -0.610. The summed E-state index contributed by atoms with van der Waals surface area (Å²) in [5.41, 5.74) is 0. The fraction of sp³-hybridized carbons (Fsp3) is 0.889. The van der Waals surface area contributed by atoms with E-state index in [-0.39, 0.29) is 11.8 Å². The number of nitrogens with zero attached hydrogens (tertiary/aromatic N) is 1. The molecule has 13 heavy (non-hydrogen) atoms. The van der Waals surface area contributed by atoms with Gasteiger partial charge in [0.05, 0.1) is 0 Å². The zero-order valence-corrected chi connectivity index (χ0v) is 8.29. The average Bonchev–Trinajstić information content (AvgIpc) is 2.17. The van der Waals surface area contributed by atoms with Crippen LogP contribution in [0.15, 0.2) is 0 Å². The molecule has 0 aromatic rings. The predicted octanol–water partition coefficient (Wildman–Crippen LogP) is -0.565. The fourth-order valence-electron chi connectivity index (χ4n) is 1.63. The highest BCUT2D eigenvalue weighted by Crippen LogP contribution is 2.17. The number of rotatable bonds is 2. The summed E-state index contributed by atoms with van der Waals surface area (Å²) in [6.45, 7) is 1.81. The largest absolute Gasteiger partial charge is 0.383 e. The Kier molecular flexibility index (Phi) is 3.69. The molecule has 2 N–H and O–H groups in total. The molecule has 0 saturated carbocycles. The third kappa shape index (κ3) is 2.67. The molecule has 0 bridgehead atoms. The number of carbonyl (C=O) groups is 1. The molecule has 0 aromatic heterocycles. The monoisotopic (exact) mass is 186 g/mol. The Labute approximate surface area is 78.9 Å². The second-order valence-corrected chi connectivity index (χ2v) is 3.76. The maximum Gasteiger partial charge on any atom is 0.251 e. The Morgan fingerprint density at radius 2 is 2.00 bits per heavy atom. The lowest BCUT2D eigenvalue weighted by molar-refractivity contribution is -0.140. The molecule has 1 heterocycles. The number of aliphatic hydroxyl groups excluding tert-OH is 1. The van der Waals surface area contributed by atoms with Crippen LogP contribution in [-0.2, 0) is 4.79 Å². The summed E-state index contributed by atoms with van der Waals surface area (Å²) >= 11 is 0. The number of hydrogen-bond donors (Lipinski definition) is 2. The second-order valence-electron chi connectivity index (χ2n) is 3.76. The molecule has 4 heteroatoms. The minimum Gasteiger partial charge on any atom is -0.383 e. The van der Waals surface area contributed by atoms with Gasteiger partial charge >= 0.3 is 0 Å². The van der Waals surface area contributed by atoms with Gasteiger partial charge in [0.2, 0.25) is 0 Å². The van der Waals surface area contributed by atoms with Gasteiger partial charge in [0, 0.05) is 14.1 Å². The molecule has 1 fully saturated rings. The summed E-state index contributed by atoms with van der Waals surface area (Å²) in [4.78, 5) is 12.8. The molecule has 76 valence electrons. The van der Waals surface area contributed by atoms with E-state index in [4.69, 9.17) is 0 Å². The third-order valence-electron chi connectivity index (χ3n) is 2.52. The first-order valence-corrected chi connectivity index (χ1v) is 4.73. The van der Waals surface area contributed by atoms with Crippen LogP contribution in [0.4, 0.5) is 0 Å². The zero-order chi connectivity index (χ0) is 9.84. The van der Waals surface area contributed by atoms with Gasteiger partial charge in [0.25, 0.3) is 5.91 Å². The van der Waals surface area contributed by atoms with Gasteiger partial charge < -0.3 is 15.3 Å². The molecular weight excluding hydrogens is 168 g/mol. The van der Waals surface area contributed by atoms with Crippen LogP contribution in [0.1, 0.15) is 12.8 Å². The lowest BCUT2D eigenvalue weighted by atomic mass is 9.91. The van der Waals surface area contributed by atoms with E-state index < -0.39 is 6.10 Å². The molecule has 0 radical (unpaired) electrons. The van der Waals surface area contributed by atoms with Crippen molar-refractivity contribution in [3.8, 4) is 0 Å². The highest BCUT2D eigenvalue weighted by Gasteiger charge is 2.28. The Bertz CT molecular complexity index is 176. The number of piperidine rings is 1. The molecule has 0 spiro atoms. The normalized spacial score (nSPS) is 21.2. The predicted molar refractivity (Wildman–Crippen MR) is 50.3 cm³/mol. The number of likely N-dealkylation sites (N-methyl/N-ethyl adjacent to an activating group) is 1. The molecule has 1 unspecified atom stereocenters. The second kappa shape index (κ2) is 4.58. The van der Waals surface area contributed by atoms with E-state index in [0.29, 0.717) is 0 Å². The SMILES string of the molecule is CN(C)C(=O)C(O)C1CCNCC1. The van der Waals surface area contributed by atoms with E-state index >= 15 is 0 Å². The minimum absolute atomic E-state index is 0.135. The lowest BCUT2D eigenvalue weighted by Gasteiger charge is -2.27. The van der Waals surface area contributed by atoms with Crippen molar-refractivity contribution in [2.45, 2.75) is 18.9 Å². The fourth-order valence-corrected chi connectivity index (χ4v) is 1.63. The Morgan fingerprint density at radius 3 is 2.46 bits per heavy atom. The molecule has 1 amide bonds. The molecule has 4 nitrogen and oxygen atoms in total. The van der Waals surface area contributed by atoms with Gasteiger partial charge in [-0.2, -0.15) is 0 Å². The van der Waals surface area contributed by atoms with Gasteiger partial charge in [-0.1, -0.05) is 0 Å². The molecule has 1 rings (SSSR count). The number of nitrogens with one attached hydrogen (secondary N) is 1. The van der Waals surface area contributed by atoms with Crippen molar-refractivity contribution in [2.24, 2.45) is 5.92 Å². The van der Waals surface area contributed by atoms with Crippen molar-refractivity contribution in [3.63, 3.8) is 0 Å². The van der Waals surface area contributed by atoms with Crippen molar-refractivity contribution in [2.75, 3.05) is 27.2 Å². The molecule has 1 aliphatic heterocycles. The van der Waals surface area contributed by atoms with Crippen LogP contribution in [0.3, 0.4) is 0 Å². The van der Waals surface area contributed by atoms with Crippen LogP contribution in [0.25, 0.3) is 0 Å². The lowest BCUT2D eigenvalue weighted by Crippen LogP contribution is -2.42. The minimum atomic E-state index is -0.808. The van der Waals surface area contributed by atoms with Crippen molar-refractivity contribution < 1.29 is 9.90 Å². The van der Waals surface area contributed by atoms with Gasteiger partial charge in [0.15, 0.2) is 0 Å².